The van der Waals surface area contributed by atoms with Gasteiger partial charge in [0, 0.05) is 17.3 Å². The van der Waals surface area contributed by atoms with Crippen LogP contribution in [0.1, 0.15) is 19.7 Å². The molecule has 0 unspecified atom stereocenters. The molecule has 5 nitrogen and oxygen atoms in total. The molecule has 1 aliphatic rings. The number of fused-ring (bicyclic) bond motifs is 1. The van der Waals surface area contributed by atoms with Crippen LogP contribution in [0.2, 0.25) is 0 Å². The molecule has 2 N–H and O–H groups in total. The molecule has 0 spiro atoms. The van der Waals surface area contributed by atoms with Crippen molar-refractivity contribution in [2.75, 3.05) is 5.32 Å². The lowest BCUT2D eigenvalue weighted by Crippen LogP contribution is -2.49. The number of imidazole rings is 1. The molecule has 0 saturated carbocycles. The molecule has 3 aromatic rings. The second-order valence-electron chi connectivity index (χ2n) is 7.15. The number of carbonyl (C=O) groups excluding carboxylic acids is 1. The van der Waals surface area contributed by atoms with Crippen molar-refractivity contribution in [1.82, 2.24) is 14.9 Å². The summed E-state index contributed by atoms with van der Waals surface area (Å²) in [4.78, 5) is 16.9. The number of halogens is 3. The van der Waals surface area contributed by atoms with Crippen LogP contribution in [0.3, 0.4) is 0 Å². The standard InChI is InChI=1S/C20H17F3N4O/c1-20(2)19-25-17(11-3-5-12(21)6-4-11)18(27(19)10-16(28)26-20)24-13-7-8-14(22)15(23)9-13/h3-9,24H,10H2,1-2H3,(H,26,28). The number of nitrogens with zero attached hydrogens (tertiary/aromatic N) is 2. The number of hydrogen-bond donors (Lipinski definition) is 2. The van der Waals surface area contributed by atoms with E-state index in [1.54, 1.807) is 16.7 Å². The summed E-state index contributed by atoms with van der Waals surface area (Å²) < 4.78 is 42.0. The maximum Gasteiger partial charge on any atom is 0.240 e. The van der Waals surface area contributed by atoms with Gasteiger partial charge in [-0.1, -0.05) is 0 Å². The highest BCUT2D eigenvalue weighted by atomic mass is 19.2. The second kappa shape index (κ2) is 6.40. The number of hydrogen-bond acceptors (Lipinski definition) is 3. The van der Waals surface area contributed by atoms with E-state index in [9.17, 15) is 18.0 Å². The summed E-state index contributed by atoms with van der Waals surface area (Å²) in [6.45, 7) is 3.65. The van der Waals surface area contributed by atoms with Crippen molar-refractivity contribution in [3.63, 3.8) is 0 Å². The van der Waals surface area contributed by atoms with Gasteiger partial charge in [0.25, 0.3) is 0 Å². The van der Waals surface area contributed by atoms with Crippen molar-refractivity contribution < 1.29 is 18.0 Å². The van der Waals surface area contributed by atoms with Crippen LogP contribution in [0.15, 0.2) is 42.5 Å². The fraction of sp³-hybridized carbons (Fsp3) is 0.200. The predicted molar refractivity (Wildman–Crippen MR) is 98.4 cm³/mol. The zero-order valence-electron chi connectivity index (χ0n) is 15.2. The average molecular weight is 386 g/mol. The summed E-state index contributed by atoms with van der Waals surface area (Å²) in [7, 11) is 0. The minimum Gasteiger partial charge on any atom is -0.342 e. The number of anilines is 2. The molecule has 0 bridgehead atoms. The van der Waals surface area contributed by atoms with Gasteiger partial charge in [-0.2, -0.15) is 0 Å². The van der Waals surface area contributed by atoms with Crippen LogP contribution in [-0.4, -0.2) is 15.5 Å². The van der Waals surface area contributed by atoms with Crippen LogP contribution in [0.4, 0.5) is 24.7 Å². The number of aromatic nitrogens is 2. The Morgan fingerprint density at radius 1 is 1.07 bits per heavy atom. The highest BCUT2D eigenvalue weighted by molar-refractivity contribution is 5.83. The fourth-order valence-corrected chi connectivity index (χ4v) is 3.32. The smallest absolute Gasteiger partial charge is 0.240 e. The summed E-state index contributed by atoms with van der Waals surface area (Å²) >= 11 is 0. The zero-order valence-corrected chi connectivity index (χ0v) is 15.2. The minimum absolute atomic E-state index is 0.0129. The molecule has 28 heavy (non-hydrogen) atoms. The van der Waals surface area contributed by atoms with Crippen molar-refractivity contribution >= 4 is 17.4 Å². The van der Waals surface area contributed by atoms with Crippen LogP contribution in [0, 0.1) is 17.5 Å². The lowest BCUT2D eigenvalue weighted by atomic mass is 10.0. The molecular weight excluding hydrogens is 369 g/mol. The largest absolute Gasteiger partial charge is 0.342 e. The van der Waals surface area contributed by atoms with Crippen LogP contribution < -0.4 is 10.6 Å². The number of carbonyl (C=O) groups is 1. The van der Waals surface area contributed by atoms with Gasteiger partial charge in [0.1, 0.15) is 29.7 Å². The first kappa shape index (κ1) is 18.1. The SMILES string of the molecule is CC1(C)NC(=O)Cn2c1nc(-c1ccc(F)cc1)c2Nc1ccc(F)c(F)c1. The van der Waals surface area contributed by atoms with Gasteiger partial charge in [0.05, 0.1) is 5.54 Å². The molecule has 0 fully saturated rings. The number of amides is 1. The van der Waals surface area contributed by atoms with E-state index >= 15 is 0 Å². The highest BCUT2D eigenvalue weighted by Gasteiger charge is 2.36. The van der Waals surface area contributed by atoms with E-state index in [2.05, 4.69) is 15.6 Å². The van der Waals surface area contributed by atoms with Gasteiger partial charge in [-0.25, -0.2) is 18.2 Å². The van der Waals surface area contributed by atoms with E-state index in [1.807, 2.05) is 13.8 Å². The molecule has 8 heteroatoms. The van der Waals surface area contributed by atoms with Crippen molar-refractivity contribution in [1.29, 1.82) is 0 Å². The van der Waals surface area contributed by atoms with Gasteiger partial charge in [-0.3, -0.25) is 4.79 Å². The van der Waals surface area contributed by atoms with Crippen LogP contribution in [0.25, 0.3) is 11.3 Å². The monoisotopic (exact) mass is 386 g/mol. The molecule has 0 atom stereocenters. The quantitative estimate of drug-likeness (QED) is 0.713. The average Bonchev–Trinajstić information content (AvgIpc) is 2.97. The molecule has 1 aromatic heterocycles. The van der Waals surface area contributed by atoms with Gasteiger partial charge in [-0.15, -0.1) is 0 Å². The van der Waals surface area contributed by atoms with E-state index in [0.717, 1.165) is 12.1 Å². The summed E-state index contributed by atoms with van der Waals surface area (Å²) in [5, 5.41) is 5.91. The van der Waals surface area contributed by atoms with Crippen LogP contribution in [0.5, 0.6) is 0 Å². The Hall–Kier alpha value is -3.29. The van der Waals surface area contributed by atoms with Crippen LogP contribution >= 0.6 is 0 Å². The topological polar surface area (TPSA) is 59.0 Å². The Balaban J connectivity index is 1.89. The Morgan fingerprint density at radius 2 is 1.79 bits per heavy atom. The maximum atomic E-state index is 13.7. The Morgan fingerprint density at radius 3 is 2.46 bits per heavy atom. The summed E-state index contributed by atoms with van der Waals surface area (Å²) in [5.74, 6) is -1.51. The predicted octanol–water partition coefficient (Wildman–Crippen LogP) is 4.08. The Bertz CT molecular complexity index is 1070. The molecule has 0 saturated heterocycles. The lowest BCUT2D eigenvalue weighted by molar-refractivity contribution is -0.124. The Labute approximate surface area is 159 Å². The maximum absolute atomic E-state index is 13.7. The second-order valence-corrected chi connectivity index (χ2v) is 7.15. The number of rotatable bonds is 3. The van der Waals surface area contributed by atoms with E-state index in [1.165, 1.54) is 18.2 Å². The number of benzene rings is 2. The molecule has 1 amide bonds. The van der Waals surface area contributed by atoms with E-state index in [0.29, 0.717) is 28.6 Å². The fourth-order valence-electron chi connectivity index (χ4n) is 3.32. The molecule has 0 aliphatic carbocycles. The third-order valence-corrected chi connectivity index (χ3v) is 4.58. The lowest BCUT2D eigenvalue weighted by Gasteiger charge is -2.31. The highest BCUT2D eigenvalue weighted by Crippen LogP contribution is 2.36. The van der Waals surface area contributed by atoms with Gasteiger partial charge >= 0.3 is 0 Å². The van der Waals surface area contributed by atoms with E-state index < -0.39 is 17.2 Å². The normalized spacial score (nSPS) is 15.1. The minimum atomic E-state index is -0.996. The summed E-state index contributed by atoms with van der Waals surface area (Å²) in [6, 6.07) is 9.19. The first-order chi connectivity index (χ1) is 13.2. The van der Waals surface area contributed by atoms with Gasteiger partial charge < -0.3 is 15.2 Å². The van der Waals surface area contributed by atoms with Crippen LogP contribution in [-0.2, 0) is 16.9 Å². The molecule has 0 radical (unpaired) electrons. The van der Waals surface area contributed by atoms with Gasteiger partial charge in [0.2, 0.25) is 5.91 Å². The molecule has 1 aliphatic heterocycles. The van der Waals surface area contributed by atoms with Crippen molar-refractivity contribution in [2.24, 2.45) is 0 Å². The Kier molecular flexibility index (Phi) is 4.14. The molecular formula is C20H17F3N4O. The van der Waals surface area contributed by atoms with Gasteiger partial charge in [-0.05, 0) is 50.2 Å². The molecule has 2 heterocycles. The van der Waals surface area contributed by atoms with E-state index in [4.69, 9.17) is 0 Å². The third kappa shape index (κ3) is 3.11. The zero-order chi connectivity index (χ0) is 20.1. The van der Waals surface area contributed by atoms with Crippen molar-refractivity contribution in [2.45, 2.75) is 25.9 Å². The first-order valence-corrected chi connectivity index (χ1v) is 8.64. The molecule has 2 aromatic carbocycles. The van der Waals surface area contributed by atoms with Crippen molar-refractivity contribution in [3.8, 4) is 11.3 Å². The summed E-state index contributed by atoms with van der Waals surface area (Å²) in [5.41, 5.74) is 0.660. The molecule has 4 rings (SSSR count). The van der Waals surface area contributed by atoms with E-state index in [-0.39, 0.29) is 18.3 Å². The van der Waals surface area contributed by atoms with Crippen molar-refractivity contribution in [3.05, 3.63) is 65.7 Å². The number of nitrogens with one attached hydrogen (secondary N) is 2. The summed E-state index contributed by atoms with van der Waals surface area (Å²) in [6.07, 6.45) is 0. The van der Waals surface area contributed by atoms with Gasteiger partial charge in [0.15, 0.2) is 11.6 Å². The first-order valence-electron chi connectivity index (χ1n) is 8.64. The molecule has 144 valence electrons. The third-order valence-electron chi connectivity index (χ3n) is 4.58.